The normalized spacial score (nSPS) is 20.6. The summed E-state index contributed by atoms with van der Waals surface area (Å²) in [4.78, 5) is 14.4. The fourth-order valence-electron chi connectivity index (χ4n) is 2.73. The predicted molar refractivity (Wildman–Crippen MR) is 80.2 cm³/mol. The van der Waals surface area contributed by atoms with Crippen LogP contribution in [0, 0.1) is 0 Å². The molecule has 1 aliphatic rings. The largest absolute Gasteiger partial charge is 0.350 e. The Labute approximate surface area is 118 Å². The topological polar surface area (TPSA) is 44.4 Å². The Hall–Kier alpha value is -0.610. The van der Waals surface area contributed by atoms with Gasteiger partial charge in [-0.2, -0.15) is 0 Å². The third kappa shape index (κ3) is 4.77. The minimum atomic E-state index is -0.167. The average Bonchev–Trinajstić information content (AvgIpc) is 2.73. The predicted octanol–water partition coefficient (Wildman–Crippen LogP) is 1.75. The number of nitrogens with zero attached hydrogens (tertiary/aromatic N) is 1. The number of amides is 1. The highest BCUT2D eigenvalue weighted by molar-refractivity contribution is 5.81. The number of nitrogens with one attached hydrogen (secondary N) is 2. The number of hydrogen-bond donors (Lipinski definition) is 2. The van der Waals surface area contributed by atoms with Crippen molar-refractivity contribution >= 4 is 5.91 Å². The molecule has 4 heteroatoms. The molecule has 1 atom stereocenters. The second-order valence-electron chi connectivity index (χ2n) is 7.17. The van der Waals surface area contributed by atoms with E-state index in [0.717, 1.165) is 6.54 Å². The fraction of sp³-hybridized carbons (Fsp3) is 0.933. The van der Waals surface area contributed by atoms with E-state index in [-0.39, 0.29) is 23.0 Å². The van der Waals surface area contributed by atoms with Crippen LogP contribution in [0.15, 0.2) is 0 Å². The van der Waals surface area contributed by atoms with Crippen molar-refractivity contribution in [2.24, 2.45) is 0 Å². The number of rotatable bonds is 5. The molecule has 0 aromatic rings. The van der Waals surface area contributed by atoms with Crippen molar-refractivity contribution in [1.82, 2.24) is 15.5 Å². The first-order valence-electron chi connectivity index (χ1n) is 7.39. The first-order valence-corrected chi connectivity index (χ1v) is 7.39. The van der Waals surface area contributed by atoms with Crippen LogP contribution in [0.25, 0.3) is 0 Å². The molecule has 1 aliphatic carbocycles. The zero-order valence-corrected chi connectivity index (χ0v) is 13.5. The molecule has 2 N–H and O–H groups in total. The third-order valence-corrected chi connectivity index (χ3v) is 4.11. The molecule has 0 aliphatic heterocycles. The summed E-state index contributed by atoms with van der Waals surface area (Å²) in [5, 5.41) is 6.44. The van der Waals surface area contributed by atoms with Gasteiger partial charge in [0, 0.05) is 17.6 Å². The highest BCUT2D eigenvalue weighted by atomic mass is 16.2. The monoisotopic (exact) mass is 269 g/mol. The minimum absolute atomic E-state index is 0.0828. The molecule has 0 saturated heterocycles. The Bertz CT molecular complexity index is 301. The second kappa shape index (κ2) is 6.23. The quantitative estimate of drug-likeness (QED) is 0.799. The lowest BCUT2D eigenvalue weighted by atomic mass is 9.95. The van der Waals surface area contributed by atoms with Crippen molar-refractivity contribution in [3.8, 4) is 0 Å². The van der Waals surface area contributed by atoms with Gasteiger partial charge < -0.3 is 15.5 Å². The molecule has 1 amide bonds. The van der Waals surface area contributed by atoms with Crippen LogP contribution in [0.1, 0.15) is 53.4 Å². The molecular formula is C15H31N3O. The summed E-state index contributed by atoms with van der Waals surface area (Å²) in [6, 6.07) is -0.142. The fourth-order valence-corrected chi connectivity index (χ4v) is 2.73. The van der Waals surface area contributed by atoms with Gasteiger partial charge in [0.15, 0.2) is 0 Å². The molecule has 1 saturated carbocycles. The number of hydrogen-bond acceptors (Lipinski definition) is 3. The van der Waals surface area contributed by atoms with Gasteiger partial charge in [0.25, 0.3) is 0 Å². The van der Waals surface area contributed by atoms with Gasteiger partial charge in [-0.15, -0.1) is 0 Å². The van der Waals surface area contributed by atoms with E-state index in [1.54, 1.807) is 0 Å². The maximum Gasteiger partial charge on any atom is 0.237 e. The van der Waals surface area contributed by atoms with E-state index in [1.165, 1.54) is 25.7 Å². The molecule has 1 rings (SSSR count). The number of carbonyl (C=O) groups excluding carboxylic acids is 1. The molecule has 0 radical (unpaired) electrons. The van der Waals surface area contributed by atoms with Gasteiger partial charge in [0.1, 0.15) is 0 Å². The molecule has 0 aromatic carbocycles. The molecule has 1 fully saturated rings. The highest BCUT2D eigenvalue weighted by Gasteiger charge is 2.36. The van der Waals surface area contributed by atoms with Gasteiger partial charge in [0.05, 0.1) is 6.04 Å². The van der Waals surface area contributed by atoms with E-state index < -0.39 is 0 Å². The number of carbonyl (C=O) groups is 1. The molecule has 4 nitrogen and oxygen atoms in total. The van der Waals surface area contributed by atoms with Gasteiger partial charge in [-0.1, -0.05) is 12.8 Å². The molecule has 19 heavy (non-hydrogen) atoms. The summed E-state index contributed by atoms with van der Waals surface area (Å²) >= 11 is 0. The zero-order valence-electron chi connectivity index (χ0n) is 13.5. The van der Waals surface area contributed by atoms with Crippen molar-refractivity contribution < 1.29 is 4.79 Å². The van der Waals surface area contributed by atoms with Crippen molar-refractivity contribution in [3.05, 3.63) is 0 Å². The molecule has 0 aromatic heterocycles. The maximum atomic E-state index is 12.1. The van der Waals surface area contributed by atoms with Crippen molar-refractivity contribution in [1.29, 1.82) is 0 Å². The Balaban J connectivity index is 2.49. The Kier molecular flexibility index (Phi) is 5.39. The van der Waals surface area contributed by atoms with Crippen molar-refractivity contribution in [3.63, 3.8) is 0 Å². The maximum absolute atomic E-state index is 12.1. The van der Waals surface area contributed by atoms with Crippen molar-refractivity contribution in [2.45, 2.75) is 70.5 Å². The van der Waals surface area contributed by atoms with Crippen LogP contribution in [-0.2, 0) is 4.79 Å². The second-order valence-corrected chi connectivity index (χ2v) is 7.17. The Morgan fingerprint density at radius 1 is 1.26 bits per heavy atom. The number of likely N-dealkylation sites (N-methyl/N-ethyl adjacent to an activating group) is 1. The van der Waals surface area contributed by atoms with E-state index in [2.05, 4.69) is 29.6 Å². The van der Waals surface area contributed by atoms with Crippen LogP contribution in [0.5, 0.6) is 0 Å². The lowest BCUT2D eigenvalue weighted by molar-refractivity contribution is -0.124. The Morgan fingerprint density at radius 2 is 1.79 bits per heavy atom. The van der Waals surface area contributed by atoms with Gasteiger partial charge >= 0.3 is 0 Å². The van der Waals surface area contributed by atoms with Crippen LogP contribution >= 0.6 is 0 Å². The van der Waals surface area contributed by atoms with Gasteiger partial charge in [0.2, 0.25) is 5.91 Å². The summed E-state index contributed by atoms with van der Waals surface area (Å²) < 4.78 is 0. The third-order valence-electron chi connectivity index (χ3n) is 4.11. The summed E-state index contributed by atoms with van der Waals surface area (Å²) in [6.07, 6.45) is 5.03. The first kappa shape index (κ1) is 16.4. The molecule has 1 unspecified atom stereocenters. The van der Waals surface area contributed by atoms with E-state index in [9.17, 15) is 4.79 Å². The van der Waals surface area contributed by atoms with E-state index >= 15 is 0 Å². The lowest BCUT2D eigenvalue weighted by Gasteiger charge is -2.37. The molecule has 0 bridgehead atoms. The minimum Gasteiger partial charge on any atom is -0.350 e. The highest BCUT2D eigenvalue weighted by Crippen LogP contribution is 2.33. The van der Waals surface area contributed by atoms with Gasteiger partial charge in [-0.3, -0.25) is 4.79 Å². The summed E-state index contributed by atoms with van der Waals surface area (Å²) in [6.45, 7) is 8.86. The molecule has 0 spiro atoms. The van der Waals surface area contributed by atoms with Gasteiger partial charge in [-0.05, 0) is 54.6 Å². The van der Waals surface area contributed by atoms with Crippen LogP contribution in [0.2, 0.25) is 0 Å². The molecule has 112 valence electrons. The zero-order chi connectivity index (χ0) is 14.7. The van der Waals surface area contributed by atoms with Crippen LogP contribution in [0.4, 0.5) is 0 Å². The first-order chi connectivity index (χ1) is 8.66. The SMILES string of the molecule is CC(NCC1(N(C)C)CCCC1)C(=O)NC(C)(C)C. The van der Waals surface area contributed by atoms with Gasteiger partial charge in [-0.25, -0.2) is 0 Å². The van der Waals surface area contributed by atoms with Crippen LogP contribution in [-0.4, -0.2) is 48.6 Å². The van der Waals surface area contributed by atoms with E-state index in [1.807, 2.05) is 27.7 Å². The van der Waals surface area contributed by atoms with Crippen LogP contribution in [0.3, 0.4) is 0 Å². The van der Waals surface area contributed by atoms with Crippen LogP contribution < -0.4 is 10.6 Å². The van der Waals surface area contributed by atoms with E-state index in [4.69, 9.17) is 0 Å². The summed E-state index contributed by atoms with van der Waals surface area (Å²) in [5.41, 5.74) is 0.0654. The standard InChI is InChI=1S/C15H31N3O/c1-12(13(19)17-14(2,3)4)16-11-15(18(5)6)9-7-8-10-15/h12,16H,7-11H2,1-6H3,(H,17,19). The summed E-state index contributed by atoms with van der Waals surface area (Å²) in [5.74, 6) is 0.0828. The molecular weight excluding hydrogens is 238 g/mol. The van der Waals surface area contributed by atoms with E-state index in [0.29, 0.717) is 0 Å². The lowest BCUT2D eigenvalue weighted by Crippen LogP contribution is -2.55. The Morgan fingerprint density at radius 3 is 2.21 bits per heavy atom. The van der Waals surface area contributed by atoms with Crippen molar-refractivity contribution in [2.75, 3.05) is 20.6 Å². The summed E-state index contributed by atoms with van der Waals surface area (Å²) in [7, 11) is 4.29. The smallest absolute Gasteiger partial charge is 0.237 e. The average molecular weight is 269 g/mol. The molecule has 0 heterocycles.